The van der Waals surface area contributed by atoms with Crippen LogP contribution in [0.3, 0.4) is 0 Å². The third kappa shape index (κ3) is 3.99. The Morgan fingerprint density at radius 3 is 2.93 bits per heavy atom. The predicted molar refractivity (Wildman–Crippen MR) is 63.0 cm³/mol. The fourth-order valence-electron chi connectivity index (χ4n) is 1.95. The van der Waals surface area contributed by atoms with Gasteiger partial charge in [-0.3, -0.25) is 4.90 Å². The van der Waals surface area contributed by atoms with Gasteiger partial charge in [-0.1, -0.05) is 12.2 Å². The Morgan fingerprint density at radius 2 is 2.29 bits per heavy atom. The number of likely N-dealkylation sites (tertiary alicyclic amines) is 1. The molecule has 0 aliphatic carbocycles. The van der Waals surface area contributed by atoms with Crippen molar-refractivity contribution in [2.24, 2.45) is 0 Å². The van der Waals surface area contributed by atoms with Crippen molar-refractivity contribution >= 4 is 11.6 Å². The van der Waals surface area contributed by atoms with Gasteiger partial charge in [0.25, 0.3) is 0 Å². The molecule has 82 valence electrons. The van der Waals surface area contributed by atoms with E-state index in [-0.39, 0.29) is 0 Å². The van der Waals surface area contributed by atoms with E-state index in [1.807, 2.05) is 6.08 Å². The molecule has 1 aliphatic heterocycles. The molecule has 3 heteroatoms. The van der Waals surface area contributed by atoms with Crippen LogP contribution in [0.25, 0.3) is 0 Å². The molecular formula is C11H21ClN2. The Morgan fingerprint density at radius 1 is 1.50 bits per heavy atom. The van der Waals surface area contributed by atoms with E-state index in [1.54, 1.807) is 0 Å². The van der Waals surface area contributed by atoms with Gasteiger partial charge in [-0.25, -0.2) is 0 Å². The summed E-state index contributed by atoms with van der Waals surface area (Å²) >= 11 is 5.58. The third-order valence-electron chi connectivity index (χ3n) is 2.87. The molecule has 0 aromatic rings. The Labute approximate surface area is 92.5 Å². The van der Waals surface area contributed by atoms with Crippen molar-refractivity contribution in [1.29, 1.82) is 0 Å². The van der Waals surface area contributed by atoms with Gasteiger partial charge >= 0.3 is 0 Å². The molecule has 1 rings (SSSR count). The molecule has 0 radical (unpaired) electrons. The first-order valence-electron chi connectivity index (χ1n) is 5.33. The van der Waals surface area contributed by atoms with Crippen LogP contribution in [0.4, 0.5) is 0 Å². The fraction of sp³-hybridized carbons (Fsp3) is 0.818. The summed E-state index contributed by atoms with van der Waals surface area (Å²) in [6.45, 7) is 3.47. The van der Waals surface area contributed by atoms with Crippen LogP contribution in [0.5, 0.6) is 0 Å². The molecule has 1 saturated heterocycles. The van der Waals surface area contributed by atoms with Gasteiger partial charge in [0.15, 0.2) is 0 Å². The highest BCUT2D eigenvalue weighted by atomic mass is 35.5. The predicted octanol–water partition coefficient (Wildman–Crippen LogP) is 1.81. The van der Waals surface area contributed by atoms with Crippen LogP contribution >= 0.6 is 11.6 Å². The molecule has 0 N–H and O–H groups in total. The summed E-state index contributed by atoms with van der Waals surface area (Å²) in [6, 6.07) is 0.716. The molecule has 1 fully saturated rings. The maximum absolute atomic E-state index is 5.58. The zero-order chi connectivity index (χ0) is 10.4. The van der Waals surface area contributed by atoms with Crippen molar-refractivity contribution in [2.45, 2.75) is 18.9 Å². The largest absolute Gasteiger partial charge is 0.305 e. The summed E-state index contributed by atoms with van der Waals surface area (Å²) in [7, 11) is 4.40. The second-order valence-corrected chi connectivity index (χ2v) is 4.43. The second-order valence-electron chi connectivity index (χ2n) is 4.12. The molecule has 0 spiro atoms. The Bertz CT molecular complexity index is 182. The minimum absolute atomic E-state index is 0.623. The van der Waals surface area contributed by atoms with Crippen molar-refractivity contribution in [3.8, 4) is 0 Å². The highest BCUT2D eigenvalue weighted by Crippen LogP contribution is 2.12. The van der Waals surface area contributed by atoms with Gasteiger partial charge < -0.3 is 4.90 Å². The SMILES string of the molecule is CN1CCCC(N(C)CC=CCCl)C1. The third-order valence-corrected chi connectivity index (χ3v) is 3.05. The minimum Gasteiger partial charge on any atom is -0.305 e. The number of halogens is 1. The van der Waals surface area contributed by atoms with Crippen molar-refractivity contribution in [3.05, 3.63) is 12.2 Å². The molecule has 0 amide bonds. The van der Waals surface area contributed by atoms with E-state index in [0.717, 1.165) is 6.54 Å². The van der Waals surface area contributed by atoms with Crippen LogP contribution in [-0.2, 0) is 0 Å². The van der Waals surface area contributed by atoms with Gasteiger partial charge in [0.1, 0.15) is 0 Å². The van der Waals surface area contributed by atoms with Crippen molar-refractivity contribution in [3.63, 3.8) is 0 Å². The monoisotopic (exact) mass is 216 g/mol. The Hall–Kier alpha value is -0.0500. The fourth-order valence-corrected chi connectivity index (χ4v) is 2.08. The summed E-state index contributed by atoms with van der Waals surface area (Å²) in [4.78, 5) is 4.83. The number of piperidine rings is 1. The van der Waals surface area contributed by atoms with Crippen LogP contribution in [-0.4, -0.2) is 55.5 Å². The quantitative estimate of drug-likeness (QED) is 0.523. The summed E-state index contributed by atoms with van der Waals surface area (Å²) in [6.07, 6.45) is 6.83. The number of rotatable bonds is 4. The van der Waals surface area contributed by atoms with Gasteiger partial charge in [0.2, 0.25) is 0 Å². The molecule has 1 heterocycles. The molecule has 0 bridgehead atoms. The summed E-state index contributed by atoms with van der Waals surface area (Å²) < 4.78 is 0. The molecule has 1 unspecified atom stereocenters. The lowest BCUT2D eigenvalue weighted by atomic mass is 10.1. The maximum Gasteiger partial charge on any atom is 0.0404 e. The number of alkyl halides is 1. The average Bonchev–Trinajstić information content (AvgIpc) is 2.18. The number of likely N-dealkylation sites (N-methyl/N-ethyl adjacent to an activating group) is 2. The van der Waals surface area contributed by atoms with Gasteiger partial charge in [-0.05, 0) is 33.5 Å². The highest BCUT2D eigenvalue weighted by Gasteiger charge is 2.19. The number of nitrogens with zero attached hydrogens (tertiary/aromatic N) is 2. The average molecular weight is 217 g/mol. The molecular weight excluding hydrogens is 196 g/mol. The molecule has 14 heavy (non-hydrogen) atoms. The van der Waals surface area contributed by atoms with Crippen LogP contribution in [0.1, 0.15) is 12.8 Å². The zero-order valence-electron chi connectivity index (χ0n) is 9.25. The molecule has 0 aromatic heterocycles. The van der Waals surface area contributed by atoms with E-state index in [2.05, 4.69) is 30.0 Å². The number of hydrogen-bond donors (Lipinski definition) is 0. The first kappa shape index (κ1) is 12.0. The maximum atomic E-state index is 5.58. The molecule has 2 nitrogen and oxygen atoms in total. The highest BCUT2D eigenvalue weighted by molar-refractivity contribution is 6.18. The molecule has 0 saturated carbocycles. The van der Waals surface area contributed by atoms with Gasteiger partial charge in [0, 0.05) is 25.0 Å². The second kappa shape index (κ2) is 6.44. The van der Waals surface area contributed by atoms with Crippen molar-refractivity contribution in [1.82, 2.24) is 9.80 Å². The van der Waals surface area contributed by atoms with Crippen LogP contribution in [0.2, 0.25) is 0 Å². The lowest BCUT2D eigenvalue weighted by molar-refractivity contribution is 0.144. The van der Waals surface area contributed by atoms with E-state index in [0.29, 0.717) is 11.9 Å². The molecule has 1 aliphatic rings. The van der Waals surface area contributed by atoms with E-state index >= 15 is 0 Å². The van der Waals surface area contributed by atoms with E-state index in [9.17, 15) is 0 Å². The van der Waals surface area contributed by atoms with E-state index in [1.165, 1.54) is 25.9 Å². The normalized spacial score (nSPS) is 25.0. The number of hydrogen-bond acceptors (Lipinski definition) is 2. The molecule has 1 atom stereocenters. The van der Waals surface area contributed by atoms with E-state index in [4.69, 9.17) is 11.6 Å². The lowest BCUT2D eigenvalue weighted by Crippen LogP contribution is -2.44. The van der Waals surface area contributed by atoms with Crippen molar-refractivity contribution < 1.29 is 0 Å². The minimum atomic E-state index is 0.623. The zero-order valence-corrected chi connectivity index (χ0v) is 10.0. The van der Waals surface area contributed by atoms with Gasteiger partial charge in [0.05, 0.1) is 0 Å². The standard InChI is InChI=1S/C11H21ClN2/c1-13-8-5-6-11(10-13)14(2)9-4-3-7-12/h3-4,11H,5-10H2,1-2H3. The summed E-state index contributed by atoms with van der Waals surface area (Å²) in [5.41, 5.74) is 0. The molecule has 0 aromatic carbocycles. The summed E-state index contributed by atoms with van der Waals surface area (Å²) in [5, 5.41) is 0. The van der Waals surface area contributed by atoms with Crippen molar-refractivity contribution in [2.75, 3.05) is 39.6 Å². The summed E-state index contributed by atoms with van der Waals surface area (Å²) in [5.74, 6) is 0.623. The topological polar surface area (TPSA) is 6.48 Å². The number of allylic oxidation sites excluding steroid dienone is 1. The first-order valence-corrected chi connectivity index (χ1v) is 5.87. The lowest BCUT2D eigenvalue weighted by Gasteiger charge is -2.35. The smallest absolute Gasteiger partial charge is 0.0404 e. The van der Waals surface area contributed by atoms with E-state index < -0.39 is 0 Å². The van der Waals surface area contributed by atoms with Crippen LogP contribution in [0, 0.1) is 0 Å². The first-order chi connectivity index (χ1) is 6.74. The Balaban J connectivity index is 2.28. The van der Waals surface area contributed by atoms with Gasteiger partial charge in [-0.2, -0.15) is 0 Å². The Kier molecular flexibility index (Phi) is 5.53. The van der Waals surface area contributed by atoms with Crippen LogP contribution < -0.4 is 0 Å². The van der Waals surface area contributed by atoms with Crippen LogP contribution in [0.15, 0.2) is 12.2 Å². The van der Waals surface area contributed by atoms with Gasteiger partial charge in [-0.15, -0.1) is 11.6 Å².